The van der Waals surface area contributed by atoms with Gasteiger partial charge in [-0.25, -0.2) is 4.99 Å². The maximum absolute atomic E-state index is 12.3. The highest BCUT2D eigenvalue weighted by Crippen LogP contribution is 2.36. The van der Waals surface area contributed by atoms with E-state index in [2.05, 4.69) is 26.2 Å². The second-order valence-electron chi connectivity index (χ2n) is 5.19. The Hall–Kier alpha value is -1.96. The molecule has 8 heteroatoms. The maximum Gasteiger partial charge on any atom is 0.264 e. The van der Waals surface area contributed by atoms with E-state index in [1.165, 1.54) is 11.8 Å². The Bertz CT molecular complexity index is 931. The van der Waals surface area contributed by atoms with Crippen molar-refractivity contribution in [2.75, 3.05) is 14.2 Å². The number of thioether (sulfide) groups is 1. The lowest BCUT2D eigenvalue weighted by atomic mass is 10.2. The molecule has 2 aromatic carbocycles. The minimum absolute atomic E-state index is 0.211. The number of methoxy groups -OCH3 is 2. The number of aliphatic imine (C=N–C) groups is 1. The fourth-order valence-electron chi connectivity index (χ4n) is 2.27. The van der Waals surface area contributed by atoms with Crippen molar-refractivity contribution in [3.63, 3.8) is 0 Å². The van der Waals surface area contributed by atoms with Gasteiger partial charge in [0.25, 0.3) is 5.91 Å². The number of hydrogen-bond acceptors (Lipinski definition) is 5. The van der Waals surface area contributed by atoms with Crippen LogP contribution in [0.15, 0.2) is 50.8 Å². The fourth-order valence-corrected chi connectivity index (χ4v) is 3.72. The molecule has 1 N–H and O–H groups in total. The van der Waals surface area contributed by atoms with E-state index in [9.17, 15) is 4.79 Å². The van der Waals surface area contributed by atoms with E-state index < -0.39 is 0 Å². The summed E-state index contributed by atoms with van der Waals surface area (Å²) in [7, 11) is 3.14. The Kier molecular flexibility index (Phi) is 5.90. The zero-order valence-electron chi connectivity index (χ0n) is 13.9. The van der Waals surface area contributed by atoms with Crippen molar-refractivity contribution in [3.8, 4) is 11.5 Å². The van der Waals surface area contributed by atoms with Crippen molar-refractivity contribution < 1.29 is 14.3 Å². The molecule has 0 aliphatic carbocycles. The lowest BCUT2D eigenvalue weighted by Crippen LogP contribution is -2.19. The predicted molar refractivity (Wildman–Crippen MR) is 110 cm³/mol. The van der Waals surface area contributed by atoms with E-state index >= 15 is 0 Å². The molecular formula is C18H14BrClN2O3S. The highest BCUT2D eigenvalue weighted by atomic mass is 79.9. The molecule has 1 heterocycles. The summed E-state index contributed by atoms with van der Waals surface area (Å²) in [6.45, 7) is 0. The number of carbonyl (C=O) groups excluding carboxylic acids is 1. The molecule has 1 aliphatic heterocycles. The van der Waals surface area contributed by atoms with Crippen LogP contribution in [0, 0.1) is 0 Å². The van der Waals surface area contributed by atoms with Crippen LogP contribution in [0.4, 0.5) is 5.69 Å². The van der Waals surface area contributed by atoms with Gasteiger partial charge in [-0.1, -0.05) is 33.6 Å². The molecule has 1 fully saturated rings. The van der Waals surface area contributed by atoms with Crippen molar-refractivity contribution in [2.24, 2.45) is 4.99 Å². The molecule has 26 heavy (non-hydrogen) atoms. The third-order valence-electron chi connectivity index (χ3n) is 3.48. The van der Waals surface area contributed by atoms with Crippen LogP contribution < -0.4 is 14.8 Å². The van der Waals surface area contributed by atoms with Gasteiger partial charge in [0.05, 0.1) is 24.8 Å². The second kappa shape index (κ2) is 8.16. The molecular weight excluding hydrogens is 440 g/mol. The first-order valence-electron chi connectivity index (χ1n) is 7.47. The van der Waals surface area contributed by atoms with Crippen LogP contribution in [-0.4, -0.2) is 25.3 Å². The monoisotopic (exact) mass is 452 g/mol. The number of amidine groups is 1. The molecule has 1 saturated heterocycles. The fraction of sp³-hybridized carbons (Fsp3) is 0.111. The quantitative estimate of drug-likeness (QED) is 0.661. The average molecular weight is 454 g/mol. The normalized spacial score (nSPS) is 16.8. The zero-order chi connectivity index (χ0) is 18.7. The van der Waals surface area contributed by atoms with Crippen molar-refractivity contribution >= 4 is 62.1 Å². The van der Waals surface area contributed by atoms with Crippen LogP contribution in [0.1, 0.15) is 5.56 Å². The maximum atomic E-state index is 12.3. The molecule has 0 bridgehead atoms. The van der Waals surface area contributed by atoms with E-state index in [0.29, 0.717) is 32.3 Å². The summed E-state index contributed by atoms with van der Waals surface area (Å²) in [6, 6.07) is 10.7. The summed E-state index contributed by atoms with van der Waals surface area (Å²) >= 11 is 10.7. The minimum atomic E-state index is -0.211. The van der Waals surface area contributed by atoms with Crippen molar-refractivity contribution in [1.29, 1.82) is 0 Å². The van der Waals surface area contributed by atoms with Crippen LogP contribution in [0.2, 0.25) is 5.02 Å². The van der Waals surface area contributed by atoms with Gasteiger partial charge in [0.2, 0.25) is 0 Å². The summed E-state index contributed by atoms with van der Waals surface area (Å²) in [5, 5.41) is 3.84. The number of benzene rings is 2. The van der Waals surface area contributed by atoms with Gasteiger partial charge in [0.15, 0.2) is 16.7 Å². The minimum Gasteiger partial charge on any atom is -0.493 e. The average Bonchev–Trinajstić information content (AvgIpc) is 2.95. The number of nitrogens with zero attached hydrogens (tertiary/aromatic N) is 1. The zero-order valence-corrected chi connectivity index (χ0v) is 17.0. The van der Waals surface area contributed by atoms with E-state index in [1.807, 2.05) is 6.07 Å². The lowest BCUT2D eigenvalue weighted by Gasteiger charge is -2.10. The number of ether oxygens (including phenoxy) is 2. The smallest absolute Gasteiger partial charge is 0.264 e. The number of carbonyl (C=O) groups is 1. The van der Waals surface area contributed by atoms with E-state index in [0.717, 1.165) is 10.0 Å². The predicted octanol–water partition coefficient (Wildman–Crippen LogP) is 5.01. The molecule has 2 aromatic rings. The van der Waals surface area contributed by atoms with Gasteiger partial charge in [-0.05, 0) is 53.7 Å². The standard InChI is InChI=1S/C18H14BrClN2O3S/c1-24-14-6-10(13(19)9-15(14)25-2)7-16-17(23)22-18(26-16)21-12-5-3-4-11(20)8-12/h3-9H,1-2H3,(H,21,22,23)/b16-7+. The second-order valence-corrected chi connectivity index (χ2v) is 7.51. The Morgan fingerprint density at radius 1 is 1.19 bits per heavy atom. The summed E-state index contributed by atoms with van der Waals surface area (Å²) in [4.78, 5) is 17.2. The van der Waals surface area contributed by atoms with E-state index in [4.69, 9.17) is 21.1 Å². The van der Waals surface area contributed by atoms with Crippen LogP contribution in [0.25, 0.3) is 6.08 Å². The number of amides is 1. The summed E-state index contributed by atoms with van der Waals surface area (Å²) in [5.41, 5.74) is 1.47. The van der Waals surface area contributed by atoms with Crippen molar-refractivity contribution in [1.82, 2.24) is 5.32 Å². The van der Waals surface area contributed by atoms with Crippen molar-refractivity contribution in [3.05, 3.63) is 56.4 Å². The first kappa shape index (κ1) is 18.8. The van der Waals surface area contributed by atoms with Crippen LogP contribution >= 0.6 is 39.3 Å². The Labute approximate surface area is 168 Å². The largest absolute Gasteiger partial charge is 0.493 e. The number of nitrogens with one attached hydrogen (secondary N) is 1. The third-order valence-corrected chi connectivity index (χ3v) is 5.31. The van der Waals surface area contributed by atoms with Gasteiger partial charge in [-0.15, -0.1) is 0 Å². The van der Waals surface area contributed by atoms with Crippen LogP contribution in [-0.2, 0) is 4.79 Å². The summed E-state index contributed by atoms with van der Waals surface area (Å²) in [6.07, 6.45) is 1.77. The first-order chi connectivity index (χ1) is 12.5. The molecule has 3 rings (SSSR count). The van der Waals surface area contributed by atoms with Gasteiger partial charge in [0.1, 0.15) is 0 Å². The molecule has 0 atom stereocenters. The van der Waals surface area contributed by atoms with Crippen molar-refractivity contribution in [2.45, 2.75) is 0 Å². The topological polar surface area (TPSA) is 59.9 Å². The Morgan fingerprint density at radius 2 is 1.92 bits per heavy atom. The molecule has 1 amide bonds. The molecule has 0 radical (unpaired) electrons. The first-order valence-corrected chi connectivity index (χ1v) is 9.45. The highest BCUT2D eigenvalue weighted by molar-refractivity contribution is 9.10. The number of rotatable bonds is 4. The van der Waals surface area contributed by atoms with Gasteiger partial charge < -0.3 is 14.8 Å². The molecule has 134 valence electrons. The molecule has 1 aliphatic rings. The van der Waals surface area contributed by atoms with Crippen LogP contribution in [0.3, 0.4) is 0 Å². The van der Waals surface area contributed by atoms with E-state index in [1.54, 1.807) is 50.6 Å². The van der Waals surface area contributed by atoms with Gasteiger partial charge in [0, 0.05) is 9.50 Å². The number of hydrogen-bond donors (Lipinski definition) is 1. The lowest BCUT2D eigenvalue weighted by molar-refractivity contribution is -0.115. The Balaban J connectivity index is 1.89. The van der Waals surface area contributed by atoms with Crippen LogP contribution in [0.5, 0.6) is 11.5 Å². The molecule has 0 unspecified atom stereocenters. The van der Waals surface area contributed by atoms with E-state index in [-0.39, 0.29) is 5.91 Å². The molecule has 5 nitrogen and oxygen atoms in total. The Morgan fingerprint density at radius 3 is 2.62 bits per heavy atom. The van der Waals surface area contributed by atoms with Gasteiger partial charge in [-0.2, -0.15) is 0 Å². The third kappa shape index (κ3) is 4.23. The summed E-state index contributed by atoms with van der Waals surface area (Å²) in [5.74, 6) is 0.976. The number of halogens is 2. The highest BCUT2D eigenvalue weighted by Gasteiger charge is 2.24. The van der Waals surface area contributed by atoms with Gasteiger partial charge in [-0.3, -0.25) is 4.79 Å². The SMILES string of the molecule is COc1cc(Br)c(/C=C2/SC(=Nc3cccc(Cl)c3)NC2=O)cc1OC. The summed E-state index contributed by atoms with van der Waals surface area (Å²) < 4.78 is 11.4. The van der Waals surface area contributed by atoms with Gasteiger partial charge >= 0.3 is 0 Å². The molecule has 0 aromatic heterocycles. The molecule has 0 saturated carbocycles. The molecule has 0 spiro atoms.